The number of rotatable bonds is 10. The lowest BCUT2D eigenvalue weighted by molar-refractivity contribution is -0.138. The van der Waals surface area contributed by atoms with Crippen molar-refractivity contribution in [3.05, 3.63) is 95.2 Å². The summed E-state index contributed by atoms with van der Waals surface area (Å²) in [4.78, 5) is 56.5. The van der Waals surface area contributed by atoms with Gasteiger partial charge in [0.25, 0.3) is 0 Å². The van der Waals surface area contributed by atoms with Crippen LogP contribution in [0.2, 0.25) is 0 Å². The van der Waals surface area contributed by atoms with Gasteiger partial charge in [0.1, 0.15) is 11.2 Å². The minimum Gasteiger partial charge on any atom is -0.479 e. The van der Waals surface area contributed by atoms with E-state index >= 15 is 0 Å². The van der Waals surface area contributed by atoms with E-state index in [4.69, 9.17) is 19.5 Å². The Hall–Kier alpha value is -6.16. The number of hydrogen-bond donors (Lipinski definition) is 3. The number of pyridine rings is 1. The molecule has 1 heterocycles. The van der Waals surface area contributed by atoms with Gasteiger partial charge in [0.2, 0.25) is 0 Å². The van der Waals surface area contributed by atoms with E-state index in [-0.39, 0.29) is 12.4 Å². The summed E-state index contributed by atoms with van der Waals surface area (Å²) in [5.41, 5.74) is 1.84. The molecule has 272 valence electrons. The van der Waals surface area contributed by atoms with E-state index in [0.29, 0.717) is 46.1 Å². The van der Waals surface area contributed by atoms with E-state index in [1.165, 1.54) is 6.20 Å². The van der Waals surface area contributed by atoms with E-state index in [1.807, 2.05) is 25.1 Å². The van der Waals surface area contributed by atoms with Crippen LogP contribution in [-0.4, -0.2) is 52.1 Å². The molecule has 3 N–H and O–H groups in total. The molecule has 13 heteroatoms. The predicted octanol–water partition coefficient (Wildman–Crippen LogP) is 8.37. The fourth-order valence-electron chi connectivity index (χ4n) is 5.22. The second-order valence-corrected chi connectivity index (χ2v) is 13.9. The molecule has 1 aromatic heterocycles. The minimum absolute atomic E-state index is 0.000160. The molecule has 0 bridgehead atoms. The van der Waals surface area contributed by atoms with Gasteiger partial charge in [-0.05, 0) is 113 Å². The largest absolute Gasteiger partial charge is 0.479 e. The topological polar surface area (TPSA) is 180 Å². The maximum Gasteiger partial charge on any atom is 0.425 e. The van der Waals surface area contributed by atoms with E-state index in [2.05, 4.69) is 15.6 Å². The van der Waals surface area contributed by atoms with Gasteiger partial charge >= 0.3 is 24.2 Å². The van der Waals surface area contributed by atoms with E-state index in [9.17, 15) is 24.3 Å². The second kappa shape index (κ2) is 16.2. The molecule has 3 amide bonds. The van der Waals surface area contributed by atoms with Crippen molar-refractivity contribution < 1.29 is 38.5 Å². The Balaban J connectivity index is 1.53. The van der Waals surface area contributed by atoms with Crippen LogP contribution in [0.3, 0.4) is 0 Å². The Bertz CT molecular complexity index is 1980. The molecular weight excluding hydrogens is 666 g/mol. The number of carbonyl (C=O) groups excluding carboxylic acids is 3. The zero-order valence-electron chi connectivity index (χ0n) is 30.3. The van der Waals surface area contributed by atoms with Crippen molar-refractivity contribution in [3.8, 4) is 6.07 Å². The van der Waals surface area contributed by atoms with Crippen molar-refractivity contribution in [2.45, 2.75) is 78.6 Å². The fraction of sp³-hybridized carbons (Fsp3) is 0.333. The van der Waals surface area contributed by atoms with Gasteiger partial charge in [0, 0.05) is 29.4 Å². The van der Waals surface area contributed by atoms with Crippen LogP contribution in [-0.2, 0) is 31.8 Å². The number of benzene rings is 3. The summed E-state index contributed by atoms with van der Waals surface area (Å²) < 4.78 is 16.4. The van der Waals surface area contributed by atoms with Crippen LogP contribution in [0.5, 0.6) is 0 Å². The van der Waals surface area contributed by atoms with Gasteiger partial charge in [-0.2, -0.15) is 10.2 Å². The molecule has 0 spiro atoms. The van der Waals surface area contributed by atoms with Gasteiger partial charge in [-0.1, -0.05) is 31.2 Å². The molecule has 13 nitrogen and oxygen atoms in total. The van der Waals surface area contributed by atoms with Crippen molar-refractivity contribution in [1.82, 2.24) is 4.98 Å². The first kappa shape index (κ1) is 38.6. The normalized spacial score (nSPS) is 11.9. The van der Waals surface area contributed by atoms with Crippen molar-refractivity contribution >= 4 is 52.2 Å². The first-order chi connectivity index (χ1) is 24.5. The number of fused-ring (bicyclic) bond motifs is 1. The summed E-state index contributed by atoms with van der Waals surface area (Å²) in [5.74, 6) is -1.10. The lowest BCUT2D eigenvalue weighted by atomic mass is 9.96. The molecule has 4 rings (SSSR count). The number of aromatic nitrogens is 1. The number of nitrogens with zero attached hydrogens (tertiary/aromatic N) is 3. The molecule has 52 heavy (non-hydrogen) atoms. The third-order valence-electron chi connectivity index (χ3n) is 7.45. The number of aliphatic carboxylic acids is 1. The summed E-state index contributed by atoms with van der Waals surface area (Å²) in [6.45, 7) is 12.1. The molecule has 3 aromatic carbocycles. The van der Waals surface area contributed by atoms with E-state index in [1.54, 1.807) is 96.1 Å². The van der Waals surface area contributed by atoms with Gasteiger partial charge in [0.05, 0.1) is 18.2 Å². The first-order valence-corrected chi connectivity index (χ1v) is 16.7. The first-order valence-electron chi connectivity index (χ1n) is 16.7. The summed E-state index contributed by atoms with van der Waals surface area (Å²) in [5, 5.41) is 26.0. The molecule has 0 fully saturated rings. The highest BCUT2D eigenvalue weighted by Gasteiger charge is 2.34. The van der Waals surface area contributed by atoms with Gasteiger partial charge in [-0.3, -0.25) is 5.32 Å². The second-order valence-electron chi connectivity index (χ2n) is 13.9. The lowest BCUT2D eigenvalue weighted by Crippen LogP contribution is -2.44. The fourth-order valence-corrected chi connectivity index (χ4v) is 5.22. The average molecular weight is 710 g/mol. The quantitative estimate of drug-likeness (QED) is 0.135. The number of amides is 3. The molecule has 0 aliphatic heterocycles. The van der Waals surface area contributed by atoms with Crippen LogP contribution in [0.15, 0.2) is 72.9 Å². The van der Waals surface area contributed by atoms with Crippen LogP contribution in [0.1, 0.15) is 76.8 Å². The molecule has 0 aliphatic carbocycles. The highest BCUT2D eigenvalue weighted by atomic mass is 16.6. The Morgan fingerprint density at radius 3 is 2.19 bits per heavy atom. The zero-order chi connectivity index (χ0) is 38.2. The molecule has 1 unspecified atom stereocenters. The molecule has 0 saturated heterocycles. The number of imide groups is 1. The number of ether oxygens (including phenoxy) is 3. The summed E-state index contributed by atoms with van der Waals surface area (Å²) in [6.07, 6.45) is -0.112. The monoisotopic (exact) mass is 709 g/mol. The van der Waals surface area contributed by atoms with Crippen molar-refractivity contribution in [1.29, 1.82) is 5.26 Å². The third kappa shape index (κ3) is 10.4. The molecule has 0 aliphatic rings. The minimum atomic E-state index is -1.12. The van der Waals surface area contributed by atoms with Crippen molar-refractivity contribution in [3.63, 3.8) is 0 Å². The van der Waals surface area contributed by atoms with Crippen LogP contribution < -0.4 is 15.5 Å². The maximum atomic E-state index is 13.3. The summed E-state index contributed by atoms with van der Waals surface area (Å²) in [6, 6.07) is 19.4. The van der Waals surface area contributed by atoms with Crippen LogP contribution >= 0.6 is 0 Å². The number of hydrogen-bond acceptors (Lipinski definition) is 10. The third-order valence-corrected chi connectivity index (χ3v) is 7.45. The molecule has 4 aromatic rings. The number of carbonyl (C=O) groups is 4. The number of nitriles is 1. The van der Waals surface area contributed by atoms with E-state index in [0.717, 1.165) is 16.0 Å². The van der Waals surface area contributed by atoms with E-state index < -0.39 is 41.5 Å². The molecule has 0 radical (unpaired) electrons. The number of carboxylic acids is 1. The van der Waals surface area contributed by atoms with Gasteiger partial charge in [0.15, 0.2) is 11.9 Å². The SMILES string of the molecule is CCc1cc(C(Nc2ccc3c(N(C(=O)OC(C)(C)C)C(=O)OC(C)(C)C)nccc3c2)C(=O)O)ccc1CCOC(=O)Nc1cccc(C#N)c1. The highest BCUT2D eigenvalue weighted by molar-refractivity contribution is 6.14. The van der Waals surface area contributed by atoms with Crippen LogP contribution in [0.25, 0.3) is 10.8 Å². The predicted molar refractivity (Wildman–Crippen MR) is 196 cm³/mol. The highest BCUT2D eigenvalue weighted by Crippen LogP contribution is 2.31. The molecule has 1 atom stereocenters. The lowest BCUT2D eigenvalue weighted by Gasteiger charge is -2.28. The Morgan fingerprint density at radius 2 is 1.58 bits per heavy atom. The Labute approximate surface area is 302 Å². The van der Waals surface area contributed by atoms with Crippen LogP contribution in [0.4, 0.5) is 31.6 Å². The molecule has 0 saturated carbocycles. The Morgan fingerprint density at radius 1 is 0.885 bits per heavy atom. The van der Waals surface area contributed by atoms with Crippen molar-refractivity contribution in [2.24, 2.45) is 0 Å². The van der Waals surface area contributed by atoms with Gasteiger partial charge < -0.3 is 24.6 Å². The zero-order valence-corrected chi connectivity index (χ0v) is 30.3. The summed E-state index contributed by atoms with van der Waals surface area (Å²) in [7, 11) is 0. The number of aryl methyl sites for hydroxylation is 1. The van der Waals surface area contributed by atoms with Crippen LogP contribution in [0, 0.1) is 11.3 Å². The Kier molecular flexibility index (Phi) is 12.1. The molecular formula is C39H43N5O8. The number of nitrogens with one attached hydrogen (secondary N) is 2. The van der Waals surface area contributed by atoms with Gasteiger partial charge in [-0.25, -0.2) is 24.2 Å². The standard InChI is InChI=1S/C39H43N5O8/c1-8-25-21-28(13-12-26(25)17-19-50-35(47)43-29-11-9-10-24(20-29)23-40)32(34(45)46)42-30-14-15-31-27(22-30)16-18-41-33(31)44(36(48)51-38(2,3)4)37(49)52-39(5,6)7/h9-16,18,20-22,32,42H,8,17,19H2,1-7H3,(H,43,47)(H,45,46). The average Bonchev–Trinajstić information content (AvgIpc) is 3.05. The smallest absolute Gasteiger partial charge is 0.425 e. The number of carboxylic acid groups (broad SMARTS) is 1. The summed E-state index contributed by atoms with van der Waals surface area (Å²) >= 11 is 0. The van der Waals surface area contributed by atoms with Gasteiger partial charge in [-0.15, -0.1) is 0 Å². The van der Waals surface area contributed by atoms with Crippen molar-refractivity contribution in [2.75, 3.05) is 22.1 Å². The number of anilines is 3. The maximum absolute atomic E-state index is 13.3.